The number of anilines is 1. The molecule has 1 atom stereocenters. The number of halogens is 1. The Labute approximate surface area is 175 Å². The highest BCUT2D eigenvalue weighted by molar-refractivity contribution is 7.16. The van der Waals surface area contributed by atoms with Gasteiger partial charge in [-0.1, -0.05) is 12.1 Å². The van der Waals surface area contributed by atoms with Crippen LogP contribution in [-0.2, 0) is 9.59 Å². The van der Waals surface area contributed by atoms with Gasteiger partial charge in [-0.3, -0.25) is 14.5 Å². The van der Waals surface area contributed by atoms with Crippen LogP contribution < -0.4 is 4.90 Å². The first-order chi connectivity index (χ1) is 14.3. The molecular weight excluding hydrogens is 407 g/mol. The van der Waals surface area contributed by atoms with E-state index in [0.29, 0.717) is 10.7 Å². The molecule has 0 bridgehead atoms. The number of carbonyl (C=O) groups excluding carboxylic acids is 2. The van der Waals surface area contributed by atoms with Gasteiger partial charge in [0.1, 0.15) is 17.3 Å². The molecule has 2 aromatic carbocycles. The summed E-state index contributed by atoms with van der Waals surface area (Å²) in [4.78, 5) is 32.5. The molecule has 3 aromatic rings. The fraction of sp³-hybridized carbons (Fsp3) is 0.136. The summed E-state index contributed by atoms with van der Waals surface area (Å²) in [5.74, 6) is -2.55. The van der Waals surface area contributed by atoms with Crippen LogP contribution in [0.4, 0.5) is 9.52 Å². The first-order valence-corrected chi connectivity index (χ1v) is 9.89. The first-order valence-electron chi connectivity index (χ1n) is 9.08. The number of phenolic OH excluding ortho intramolecular Hbond substituents is 1. The number of thiazole rings is 1. The van der Waals surface area contributed by atoms with E-state index in [1.165, 1.54) is 40.5 Å². The van der Waals surface area contributed by atoms with Gasteiger partial charge in [0.25, 0.3) is 5.78 Å². The van der Waals surface area contributed by atoms with E-state index in [2.05, 4.69) is 4.98 Å². The second kappa shape index (κ2) is 7.38. The zero-order valence-corrected chi connectivity index (χ0v) is 16.9. The highest BCUT2D eigenvalue weighted by Gasteiger charge is 2.48. The van der Waals surface area contributed by atoms with Gasteiger partial charge in [-0.25, -0.2) is 9.37 Å². The number of aliphatic hydroxyl groups excluding tert-OH is 1. The summed E-state index contributed by atoms with van der Waals surface area (Å²) in [7, 11) is 0. The van der Waals surface area contributed by atoms with Crippen molar-refractivity contribution in [2.24, 2.45) is 0 Å². The molecule has 8 heteroatoms. The van der Waals surface area contributed by atoms with Crippen molar-refractivity contribution in [3.8, 4) is 5.75 Å². The summed E-state index contributed by atoms with van der Waals surface area (Å²) in [6, 6.07) is 10.1. The van der Waals surface area contributed by atoms with Gasteiger partial charge in [0.05, 0.1) is 17.3 Å². The Hall–Kier alpha value is -3.52. The largest absolute Gasteiger partial charge is 0.508 e. The van der Waals surface area contributed by atoms with Crippen LogP contribution in [-0.4, -0.2) is 26.9 Å². The zero-order chi connectivity index (χ0) is 21.6. The number of amides is 1. The van der Waals surface area contributed by atoms with Crippen molar-refractivity contribution in [3.63, 3.8) is 0 Å². The average Bonchev–Trinajstić information content (AvgIpc) is 3.18. The van der Waals surface area contributed by atoms with Crippen molar-refractivity contribution in [1.82, 2.24) is 4.98 Å². The predicted octanol–water partition coefficient (Wildman–Crippen LogP) is 4.23. The highest BCUT2D eigenvalue weighted by Crippen LogP contribution is 2.43. The number of Topliss-reactive ketones (excluding diaryl/α,β-unsaturated/α-hetero) is 1. The zero-order valence-electron chi connectivity index (χ0n) is 16.1. The quantitative estimate of drug-likeness (QED) is 0.373. The Balaban J connectivity index is 1.94. The van der Waals surface area contributed by atoms with Gasteiger partial charge in [0, 0.05) is 10.4 Å². The first kappa shape index (κ1) is 19.8. The Morgan fingerprint density at radius 2 is 1.70 bits per heavy atom. The van der Waals surface area contributed by atoms with E-state index in [9.17, 15) is 24.2 Å². The van der Waals surface area contributed by atoms with Gasteiger partial charge in [0.2, 0.25) is 0 Å². The fourth-order valence-corrected chi connectivity index (χ4v) is 4.26. The fourth-order valence-electron chi connectivity index (χ4n) is 3.32. The van der Waals surface area contributed by atoms with Gasteiger partial charge in [-0.15, -0.1) is 11.3 Å². The smallest absolute Gasteiger partial charge is 0.301 e. The maximum absolute atomic E-state index is 13.3. The monoisotopic (exact) mass is 424 g/mol. The van der Waals surface area contributed by atoms with Crippen molar-refractivity contribution in [2.75, 3.05) is 4.90 Å². The molecule has 0 radical (unpaired) electrons. The molecule has 2 heterocycles. The third-order valence-electron chi connectivity index (χ3n) is 4.99. The van der Waals surface area contributed by atoms with Crippen LogP contribution in [0.5, 0.6) is 5.75 Å². The summed E-state index contributed by atoms with van der Waals surface area (Å²) in [6.07, 6.45) is 0. The van der Waals surface area contributed by atoms with E-state index in [1.807, 2.05) is 6.92 Å². The maximum atomic E-state index is 13.3. The topological polar surface area (TPSA) is 90.7 Å². The van der Waals surface area contributed by atoms with Crippen LogP contribution in [0.15, 0.2) is 54.1 Å². The number of aryl methyl sites for hydroxylation is 2. The molecule has 0 saturated carbocycles. The van der Waals surface area contributed by atoms with Crippen molar-refractivity contribution in [3.05, 3.63) is 81.6 Å². The number of carbonyl (C=O) groups is 2. The molecule has 4 rings (SSSR count). The molecule has 1 amide bonds. The molecular formula is C22H17FN2O4S. The lowest BCUT2D eigenvalue weighted by atomic mass is 9.95. The molecule has 1 aliphatic heterocycles. The molecule has 1 fully saturated rings. The second-order valence-electron chi connectivity index (χ2n) is 6.91. The summed E-state index contributed by atoms with van der Waals surface area (Å²) < 4.78 is 13.3. The predicted molar refractivity (Wildman–Crippen MR) is 111 cm³/mol. The number of benzene rings is 2. The van der Waals surface area contributed by atoms with E-state index in [0.717, 1.165) is 22.7 Å². The van der Waals surface area contributed by atoms with E-state index in [1.54, 1.807) is 19.1 Å². The average molecular weight is 424 g/mol. The number of ketones is 1. The van der Waals surface area contributed by atoms with Gasteiger partial charge in [-0.2, -0.15) is 0 Å². The Bertz CT molecular complexity index is 1160. The van der Waals surface area contributed by atoms with E-state index < -0.39 is 29.3 Å². The summed E-state index contributed by atoms with van der Waals surface area (Å²) in [6.45, 7) is 3.67. The van der Waals surface area contributed by atoms with Gasteiger partial charge in [0.15, 0.2) is 5.13 Å². The molecule has 152 valence electrons. The standard InChI is InChI=1S/C22H17FN2O4S/c1-11-12(2)30-22(24-11)25-18(13-5-9-16(26)10-6-13)17(20(28)21(25)29)19(27)14-3-7-15(23)8-4-14/h3-10,18,26-27H,1-2H3/b19-17+/t18-/m0/s1. The Morgan fingerprint density at radius 1 is 1.07 bits per heavy atom. The van der Waals surface area contributed by atoms with E-state index >= 15 is 0 Å². The summed E-state index contributed by atoms with van der Waals surface area (Å²) in [5, 5.41) is 20.9. The summed E-state index contributed by atoms with van der Waals surface area (Å²) in [5.41, 5.74) is 1.34. The molecule has 2 N–H and O–H groups in total. The number of hydrogen-bond donors (Lipinski definition) is 2. The number of aromatic hydroxyl groups is 1. The molecule has 6 nitrogen and oxygen atoms in total. The number of aliphatic hydroxyl groups is 1. The normalized spacial score (nSPS) is 18.2. The number of hydrogen-bond acceptors (Lipinski definition) is 6. The highest BCUT2D eigenvalue weighted by atomic mass is 32.1. The lowest BCUT2D eigenvalue weighted by Gasteiger charge is -2.23. The maximum Gasteiger partial charge on any atom is 0.301 e. The number of phenols is 1. The van der Waals surface area contributed by atoms with Crippen LogP contribution in [0.2, 0.25) is 0 Å². The van der Waals surface area contributed by atoms with Crippen molar-refractivity contribution in [1.29, 1.82) is 0 Å². The summed E-state index contributed by atoms with van der Waals surface area (Å²) >= 11 is 1.27. The lowest BCUT2D eigenvalue weighted by Crippen LogP contribution is -2.29. The van der Waals surface area contributed by atoms with Crippen LogP contribution in [0.1, 0.15) is 27.7 Å². The van der Waals surface area contributed by atoms with Crippen molar-refractivity contribution in [2.45, 2.75) is 19.9 Å². The van der Waals surface area contributed by atoms with E-state index in [4.69, 9.17) is 0 Å². The molecule has 30 heavy (non-hydrogen) atoms. The molecule has 0 aliphatic carbocycles. The van der Waals surface area contributed by atoms with Crippen LogP contribution in [0, 0.1) is 19.7 Å². The van der Waals surface area contributed by atoms with Gasteiger partial charge in [-0.05, 0) is 55.8 Å². The lowest BCUT2D eigenvalue weighted by molar-refractivity contribution is -0.132. The number of nitrogens with zero attached hydrogens (tertiary/aromatic N) is 2. The molecule has 1 saturated heterocycles. The SMILES string of the molecule is Cc1nc(N2C(=O)C(=O)/C(=C(/O)c3ccc(F)cc3)[C@@H]2c2ccc(O)cc2)sc1C. The van der Waals surface area contributed by atoms with E-state index in [-0.39, 0.29) is 16.9 Å². The number of rotatable bonds is 3. The van der Waals surface area contributed by atoms with Gasteiger partial charge >= 0.3 is 5.91 Å². The Kier molecular flexibility index (Phi) is 4.87. The minimum atomic E-state index is -0.944. The second-order valence-corrected chi connectivity index (χ2v) is 8.09. The van der Waals surface area contributed by atoms with Crippen molar-refractivity contribution < 1.29 is 24.2 Å². The van der Waals surface area contributed by atoms with Crippen LogP contribution >= 0.6 is 11.3 Å². The van der Waals surface area contributed by atoms with Gasteiger partial charge < -0.3 is 10.2 Å². The minimum absolute atomic E-state index is 0.0233. The van der Waals surface area contributed by atoms with Crippen LogP contribution in [0.3, 0.4) is 0 Å². The number of aromatic nitrogens is 1. The van der Waals surface area contributed by atoms with Crippen LogP contribution in [0.25, 0.3) is 5.76 Å². The Morgan fingerprint density at radius 3 is 2.27 bits per heavy atom. The molecule has 1 aliphatic rings. The minimum Gasteiger partial charge on any atom is -0.508 e. The molecule has 0 unspecified atom stereocenters. The molecule has 0 spiro atoms. The molecule has 1 aromatic heterocycles. The van der Waals surface area contributed by atoms with Crippen molar-refractivity contribution >= 4 is 33.9 Å². The third kappa shape index (κ3) is 3.25. The third-order valence-corrected chi connectivity index (χ3v) is 6.07.